The van der Waals surface area contributed by atoms with E-state index in [1.54, 1.807) is 22.2 Å². The Balaban J connectivity index is 1.04. The number of ether oxygens (including phenoxy) is 3. The molecule has 17 nitrogen and oxygen atoms in total. The number of carbonyl (C=O) groups is 5. The number of nitrogens with zero attached hydrogens (tertiary/aromatic N) is 5. The summed E-state index contributed by atoms with van der Waals surface area (Å²) in [6.45, 7) is 15.2. The van der Waals surface area contributed by atoms with Gasteiger partial charge in [-0.05, 0) is 92.4 Å². The van der Waals surface area contributed by atoms with Gasteiger partial charge in [0, 0.05) is 26.2 Å². The van der Waals surface area contributed by atoms with Gasteiger partial charge in [-0.2, -0.15) is 0 Å². The number of H-pyrrole nitrogens is 2. The van der Waals surface area contributed by atoms with Crippen molar-refractivity contribution in [3.05, 3.63) is 72.6 Å². The lowest BCUT2D eigenvalue weighted by atomic mass is 9.76. The summed E-state index contributed by atoms with van der Waals surface area (Å²) in [6, 6.07) is 14.3. The van der Waals surface area contributed by atoms with Gasteiger partial charge in [0.05, 0.1) is 50.1 Å². The minimum atomic E-state index is -0.799. The van der Waals surface area contributed by atoms with Crippen LogP contribution in [0.25, 0.3) is 33.6 Å². The van der Waals surface area contributed by atoms with Gasteiger partial charge in [-0.25, -0.2) is 24.4 Å². The summed E-state index contributed by atoms with van der Waals surface area (Å²) >= 11 is 0. The molecule has 0 aliphatic carbocycles. The van der Waals surface area contributed by atoms with Crippen molar-refractivity contribution in [2.24, 2.45) is 17.3 Å². The maximum atomic E-state index is 14.4. The fraction of sp³-hybridized carbons (Fsp3) is 0.531. The van der Waals surface area contributed by atoms with Crippen LogP contribution >= 0.6 is 0 Å². The first-order chi connectivity index (χ1) is 31.4. The molecule has 2 aromatic heterocycles. The van der Waals surface area contributed by atoms with E-state index in [-0.39, 0.29) is 47.2 Å². The van der Waals surface area contributed by atoms with Crippen LogP contribution in [0.5, 0.6) is 0 Å². The van der Waals surface area contributed by atoms with E-state index in [1.807, 2.05) is 77.6 Å². The first-order valence-corrected chi connectivity index (χ1v) is 23.0. The predicted molar refractivity (Wildman–Crippen MR) is 248 cm³/mol. The standard InChI is InChI=1S/C49H65N9O8/c1-29(2)39(54-45(61)64-8)43(59)57-22-10-11-37(57)41-50-26-35(52-41)33-16-12-31(13-17-33)32-14-18-34(19-15-32)36-27-51-42(53-36)38-25-49(20-23-56(24-21-49)47(63)66-48(5,6)7)28-58(38)44(60)40(30(3)4)55-46(62)65-9/h12-19,26-27,29-30,37-40H,10-11,20-25,28H2,1-9H3,(H,50,52)(H,51,53)(H,54,61)(H,55,62)/t37-,38?,39-,40-/m0/s1. The van der Waals surface area contributed by atoms with E-state index in [1.165, 1.54) is 14.2 Å². The van der Waals surface area contributed by atoms with Crippen molar-refractivity contribution in [1.82, 2.24) is 45.3 Å². The van der Waals surface area contributed by atoms with Crippen molar-refractivity contribution >= 4 is 30.1 Å². The molecule has 4 N–H and O–H groups in total. The van der Waals surface area contributed by atoms with Gasteiger partial charge in [0.15, 0.2) is 0 Å². The average molecular weight is 908 g/mol. The molecule has 0 saturated carbocycles. The van der Waals surface area contributed by atoms with Crippen LogP contribution in [0.2, 0.25) is 0 Å². The highest BCUT2D eigenvalue weighted by molar-refractivity contribution is 5.87. The summed E-state index contributed by atoms with van der Waals surface area (Å²) < 4.78 is 15.3. The molecular weight excluding hydrogens is 843 g/mol. The Labute approximate surface area is 386 Å². The molecule has 0 radical (unpaired) electrons. The van der Waals surface area contributed by atoms with Crippen LogP contribution in [-0.2, 0) is 23.8 Å². The molecule has 4 atom stereocenters. The molecule has 5 amide bonds. The van der Waals surface area contributed by atoms with Crippen molar-refractivity contribution in [3.63, 3.8) is 0 Å². The van der Waals surface area contributed by atoms with Crippen molar-refractivity contribution < 1.29 is 38.2 Å². The smallest absolute Gasteiger partial charge is 0.410 e. The molecule has 4 aromatic rings. The van der Waals surface area contributed by atoms with Crippen LogP contribution < -0.4 is 10.6 Å². The second-order valence-corrected chi connectivity index (χ2v) is 19.6. The maximum absolute atomic E-state index is 14.4. The molecule has 354 valence electrons. The Morgan fingerprint density at radius 2 is 1.14 bits per heavy atom. The zero-order chi connectivity index (χ0) is 47.5. The minimum Gasteiger partial charge on any atom is -0.453 e. The number of rotatable bonds is 11. The Kier molecular flexibility index (Phi) is 14.1. The molecule has 5 heterocycles. The number of likely N-dealkylation sites (tertiary alicyclic amines) is 3. The predicted octanol–water partition coefficient (Wildman–Crippen LogP) is 7.85. The third-order valence-electron chi connectivity index (χ3n) is 13.1. The van der Waals surface area contributed by atoms with E-state index in [9.17, 15) is 24.0 Å². The van der Waals surface area contributed by atoms with Crippen LogP contribution in [0.1, 0.15) is 104 Å². The van der Waals surface area contributed by atoms with Gasteiger partial charge in [0.1, 0.15) is 29.3 Å². The van der Waals surface area contributed by atoms with Gasteiger partial charge in [-0.1, -0.05) is 76.2 Å². The van der Waals surface area contributed by atoms with Gasteiger partial charge in [-0.15, -0.1) is 0 Å². The zero-order valence-corrected chi connectivity index (χ0v) is 39.6. The third kappa shape index (κ3) is 10.5. The van der Waals surface area contributed by atoms with E-state index in [0.29, 0.717) is 57.1 Å². The van der Waals surface area contributed by atoms with E-state index in [0.717, 1.165) is 46.5 Å². The number of aromatic nitrogens is 4. The highest BCUT2D eigenvalue weighted by atomic mass is 16.6. The Hall–Kier alpha value is -6.39. The first kappa shape index (κ1) is 47.6. The monoisotopic (exact) mass is 907 g/mol. The van der Waals surface area contributed by atoms with Crippen LogP contribution in [-0.4, -0.2) is 123 Å². The molecule has 1 spiro atoms. The number of imidazole rings is 2. The number of hydrogen-bond acceptors (Lipinski definition) is 10. The van der Waals surface area contributed by atoms with Crippen LogP contribution in [0.15, 0.2) is 60.9 Å². The molecule has 3 aliphatic heterocycles. The topological polar surface area (TPSA) is 204 Å². The van der Waals surface area contributed by atoms with Crippen LogP contribution in [0.3, 0.4) is 0 Å². The molecule has 1 unspecified atom stereocenters. The van der Waals surface area contributed by atoms with Crippen molar-refractivity contribution in [1.29, 1.82) is 0 Å². The molecule has 7 rings (SSSR count). The molecule has 3 saturated heterocycles. The Morgan fingerprint density at radius 3 is 1.59 bits per heavy atom. The van der Waals surface area contributed by atoms with Gasteiger partial charge in [-0.3, -0.25) is 9.59 Å². The number of hydrogen-bond donors (Lipinski definition) is 4. The quantitative estimate of drug-likeness (QED) is 0.107. The summed E-state index contributed by atoms with van der Waals surface area (Å²) in [5, 5.41) is 5.45. The van der Waals surface area contributed by atoms with E-state index >= 15 is 0 Å². The van der Waals surface area contributed by atoms with Crippen LogP contribution in [0.4, 0.5) is 14.4 Å². The molecular formula is C49H65N9O8. The van der Waals surface area contributed by atoms with E-state index in [4.69, 9.17) is 19.2 Å². The number of amides is 5. The van der Waals surface area contributed by atoms with Gasteiger partial charge in [0.2, 0.25) is 11.8 Å². The Morgan fingerprint density at radius 1 is 0.682 bits per heavy atom. The van der Waals surface area contributed by atoms with Crippen molar-refractivity contribution in [2.45, 2.75) is 110 Å². The number of aromatic amines is 2. The summed E-state index contributed by atoms with van der Waals surface area (Å²) in [4.78, 5) is 87.2. The van der Waals surface area contributed by atoms with Gasteiger partial charge in [0.25, 0.3) is 0 Å². The van der Waals surface area contributed by atoms with Gasteiger partial charge < -0.3 is 49.5 Å². The molecule has 3 fully saturated rings. The molecule has 2 aromatic carbocycles. The lowest BCUT2D eigenvalue weighted by Gasteiger charge is -2.39. The van der Waals surface area contributed by atoms with E-state index in [2.05, 4.69) is 49.9 Å². The number of methoxy groups -OCH3 is 2. The molecule has 3 aliphatic rings. The second kappa shape index (κ2) is 19.6. The summed E-state index contributed by atoms with van der Waals surface area (Å²) in [6.07, 6.45) is 5.60. The number of carbonyl (C=O) groups excluding carboxylic acids is 5. The van der Waals surface area contributed by atoms with Crippen LogP contribution in [0, 0.1) is 17.3 Å². The van der Waals surface area contributed by atoms with Crippen molar-refractivity contribution in [3.8, 4) is 33.6 Å². The van der Waals surface area contributed by atoms with Crippen molar-refractivity contribution in [2.75, 3.05) is 40.4 Å². The lowest BCUT2D eigenvalue weighted by Crippen LogP contribution is -2.52. The summed E-state index contributed by atoms with van der Waals surface area (Å²) in [7, 11) is 2.57. The summed E-state index contributed by atoms with van der Waals surface area (Å²) in [5.74, 6) is 0.701. The SMILES string of the molecule is COC(=O)N[C@H](C(=O)N1CC2(CCN(C(=O)OC(C)(C)C)CC2)CC1c1ncc(-c2ccc(-c3ccc(-c4cnc([C@@H]5CCCN5C(=O)[C@@H](NC(=O)OC)C(C)C)[nH]4)cc3)cc2)[nH]1)C(C)C. The minimum absolute atomic E-state index is 0.119. The lowest BCUT2D eigenvalue weighted by molar-refractivity contribution is -0.136. The zero-order valence-electron chi connectivity index (χ0n) is 39.6. The molecule has 17 heteroatoms. The largest absolute Gasteiger partial charge is 0.453 e. The molecule has 66 heavy (non-hydrogen) atoms. The average Bonchev–Trinajstić information content (AvgIpc) is 4.13. The Bertz CT molecular complexity index is 2360. The molecule has 0 bridgehead atoms. The number of piperidine rings is 1. The highest BCUT2D eigenvalue weighted by Crippen LogP contribution is 2.49. The second-order valence-electron chi connectivity index (χ2n) is 19.6. The summed E-state index contributed by atoms with van der Waals surface area (Å²) in [5.41, 5.74) is 4.75. The number of benzene rings is 2. The first-order valence-electron chi connectivity index (χ1n) is 23.0. The maximum Gasteiger partial charge on any atom is 0.410 e. The fourth-order valence-electron chi connectivity index (χ4n) is 9.45. The highest BCUT2D eigenvalue weighted by Gasteiger charge is 2.51. The van der Waals surface area contributed by atoms with E-state index < -0.39 is 29.9 Å². The normalized spacial score (nSPS) is 19.2. The van der Waals surface area contributed by atoms with Gasteiger partial charge >= 0.3 is 18.3 Å². The fourth-order valence-corrected chi connectivity index (χ4v) is 9.45. The number of nitrogens with one attached hydrogen (secondary N) is 4. The third-order valence-corrected chi connectivity index (χ3v) is 13.1. The number of alkyl carbamates (subject to hydrolysis) is 2.